The van der Waals surface area contributed by atoms with Gasteiger partial charge in [-0.15, -0.1) is 0 Å². The smallest absolute Gasteiger partial charge is 0.257 e. The first kappa shape index (κ1) is 24.0. The minimum absolute atomic E-state index is 0.0731. The number of nitrogen functional groups attached to an aromatic ring is 1. The fourth-order valence-electron chi connectivity index (χ4n) is 4.28. The second-order valence-electron chi connectivity index (χ2n) is 8.84. The highest BCUT2D eigenvalue weighted by atomic mass is 16.5. The van der Waals surface area contributed by atoms with Gasteiger partial charge in [-0.1, -0.05) is 54.6 Å². The van der Waals surface area contributed by atoms with Crippen molar-refractivity contribution >= 4 is 40.1 Å². The monoisotopic (exact) mass is 492 g/mol. The van der Waals surface area contributed by atoms with E-state index in [0.29, 0.717) is 27.9 Å². The zero-order valence-electron chi connectivity index (χ0n) is 20.8. The predicted molar refractivity (Wildman–Crippen MR) is 147 cm³/mol. The fourth-order valence-corrected chi connectivity index (χ4v) is 4.28. The summed E-state index contributed by atoms with van der Waals surface area (Å²) >= 11 is 0. The Hall–Kier alpha value is -4.72. The maximum atomic E-state index is 13.5. The van der Waals surface area contributed by atoms with E-state index in [4.69, 9.17) is 20.4 Å². The van der Waals surface area contributed by atoms with Gasteiger partial charge in [-0.25, -0.2) is 9.97 Å². The number of nitrogens with one attached hydrogen (secondary N) is 1. The van der Waals surface area contributed by atoms with Gasteiger partial charge >= 0.3 is 0 Å². The van der Waals surface area contributed by atoms with Crippen molar-refractivity contribution in [1.29, 1.82) is 0 Å². The normalized spacial score (nSPS) is 12.3. The van der Waals surface area contributed by atoms with Gasteiger partial charge < -0.3 is 15.8 Å². The number of aromatic nitrogens is 3. The van der Waals surface area contributed by atoms with Crippen LogP contribution in [-0.4, -0.2) is 39.9 Å². The Labute approximate surface area is 214 Å². The number of rotatable bonds is 8. The zero-order valence-corrected chi connectivity index (χ0v) is 20.8. The molecule has 0 saturated carbocycles. The molecule has 0 radical (unpaired) electrons. The quantitative estimate of drug-likeness (QED) is 0.302. The van der Waals surface area contributed by atoms with E-state index in [0.717, 1.165) is 18.4 Å². The van der Waals surface area contributed by atoms with Crippen molar-refractivity contribution in [2.24, 2.45) is 5.10 Å². The largest absolute Gasteiger partial charge is 0.496 e. The first-order valence-electron chi connectivity index (χ1n) is 12.1. The highest BCUT2D eigenvalue weighted by molar-refractivity contribution is 6.10. The van der Waals surface area contributed by atoms with Crippen LogP contribution in [-0.2, 0) is 6.42 Å². The average molecular weight is 493 g/mol. The van der Waals surface area contributed by atoms with E-state index in [2.05, 4.69) is 22.6 Å². The predicted octanol–water partition coefficient (Wildman–Crippen LogP) is 4.81. The van der Waals surface area contributed by atoms with Gasteiger partial charge in [-0.2, -0.15) is 9.78 Å². The number of nitrogens with zero attached hydrogens (tertiary/aromatic N) is 4. The second kappa shape index (κ2) is 10.5. The SMILES string of the molecule is COc1ccccc1C=Nn1c(N)c(C(=O)N[C@H](C)CCc2ccccc2)c2nc3ccccc3nc21. The Balaban J connectivity index is 1.51. The molecule has 1 amide bonds. The summed E-state index contributed by atoms with van der Waals surface area (Å²) in [6.45, 7) is 1.98. The average Bonchev–Trinajstić information content (AvgIpc) is 3.19. The molecule has 0 saturated heterocycles. The summed E-state index contributed by atoms with van der Waals surface area (Å²) in [5.74, 6) is 0.533. The number of methoxy groups -OCH3 is 1. The van der Waals surface area contributed by atoms with Gasteiger partial charge in [0.2, 0.25) is 0 Å². The Morgan fingerprint density at radius 1 is 1.03 bits per heavy atom. The van der Waals surface area contributed by atoms with Crippen molar-refractivity contribution in [2.75, 3.05) is 12.8 Å². The van der Waals surface area contributed by atoms with Crippen LogP contribution in [0.2, 0.25) is 0 Å². The molecule has 0 unspecified atom stereocenters. The molecule has 0 fully saturated rings. The van der Waals surface area contributed by atoms with Crippen LogP contribution in [0, 0.1) is 0 Å². The third kappa shape index (κ3) is 4.99. The molecular formula is C29H28N6O2. The summed E-state index contributed by atoms with van der Waals surface area (Å²) in [5.41, 5.74) is 11.0. The lowest BCUT2D eigenvalue weighted by Gasteiger charge is -2.14. The van der Waals surface area contributed by atoms with E-state index >= 15 is 0 Å². The molecule has 0 aliphatic carbocycles. The number of ether oxygens (including phenoxy) is 1. The number of nitrogens with two attached hydrogens (primary N) is 1. The van der Waals surface area contributed by atoms with E-state index in [1.165, 1.54) is 10.2 Å². The summed E-state index contributed by atoms with van der Waals surface area (Å²) in [6.07, 6.45) is 3.28. The standard InChI is InChI=1S/C29H28N6O2/c1-19(16-17-20-10-4-3-5-11-20)32-29(36)25-26-28(34-23-14-8-7-13-22(23)33-26)35(27(25)30)31-18-21-12-6-9-15-24(21)37-2/h3-15,18-19H,16-17,30H2,1-2H3,(H,32,36)/t19-/m1/s1. The molecule has 5 rings (SSSR count). The van der Waals surface area contributed by atoms with E-state index in [1.54, 1.807) is 13.3 Å². The fraction of sp³-hybridized carbons (Fsp3) is 0.172. The number of anilines is 1. The zero-order chi connectivity index (χ0) is 25.8. The number of aryl methyl sites for hydroxylation is 1. The lowest BCUT2D eigenvalue weighted by molar-refractivity contribution is 0.0940. The summed E-state index contributed by atoms with van der Waals surface area (Å²) in [5, 5.41) is 7.66. The Morgan fingerprint density at radius 3 is 2.46 bits per heavy atom. The van der Waals surface area contributed by atoms with Gasteiger partial charge in [-0.3, -0.25) is 4.79 Å². The maximum Gasteiger partial charge on any atom is 0.257 e. The number of amides is 1. The minimum atomic E-state index is -0.307. The van der Waals surface area contributed by atoms with Gasteiger partial charge in [0.15, 0.2) is 5.65 Å². The van der Waals surface area contributed by atoms with Crippen LogP contribution in [0.3, 0.4) is 0 Å². The molecule has 1 atom stereocenters. The first-order chi connectivity index (χ1) is 18.0. The molecule has 2 aromatic heterocycles. The number of para-hydroxylation sites is 3. The first-order valence-corrected chi connectivity index (χ1v) is 12.1. The molecule has 8 heteroatoms. The topological polar surface area (TPSA) is 107 Å². The van der Waals surface area contributed by atoms with Crippen molar-refractivity contribution in [2.45, 2.75) is 25.8 Å². The number of carbonyl (C=O) groups is 1. The van der Waals surface area contributed by atoms with Crippen molar-refractivity contribution < 1.29 is 9.53 Å². The Bertz CT molecular complexity index is 1590. The van der Waals surface area contributed by atoms with Crippen molar-refractivity contribution in [3.05, 3.63) is 95.6 Å². The highest BCUT2D eigenvalue weighted by Crippen LogP contribution is 2.28. The van der Waals surface area contributed by atoms with E-state index in [1.807, 2.05) is 73.7 Å². The molecule has 5 aromatic rings. The molecule has 37 heavy (non-hydrogen) atoms. The number of benzene rings is 3. The molecule has 3 N–H and O–H groups in total. The molecule has 0 aliphatic rings. The minimum Gasteiger partial charge on any atom is -0.496 e. The molecule has 0 aliphatic heterocycles. The van der Waals surface area contributed by atoms with Crippen LogP contribution in [0.5, 0.6) is 5.75 Å². The van der Waals surface area contributed by atoms with Crippen molar-refractivity contribution in [1.82, 2.24) is 20.0 Å². The van der Waals surface area contributed by atoms with Crippen LogP contribution in [0.25, 0.3) is 22.2 Å². The molecule has 186 valence electrons. The van der Waals surface area contributed by atoms with Crippen LogP contribution < -0.4 is 15.8 Å². The number of fused-ring (bicyclic) bond motifs is 2. The van der Waals surface area contributed by atoms with Crippen molar-refractivity contribution in [3.8, 4) is 5.75 Å². The lowest BCUT2D eigenvalue weighted by atomic mass is 10.1. The van der Waals surface area contributed by atoms with Crippen molar-refractivity contribution in [3.63, 3.8) is 0 Å². The summed E-state index contributed by atoms with van der Waals surface area (Å²) < 4.78 is 6.89. The second-order valence-corrected chi connectivity index (χ2v) is 8.84. The van der Waals surface area contributed by atoms with Gasteiger partial charge in [0.25, 0.3) is 5.91 Å². The third-order valence-electron chi connectivity index (χ3n) is 6.24. The number of carbonyl (C=O) groups excluding carboxylic acids is 1. The molecule has 0 bridgehead atoms. The van der Waals surface area contributed by atoms with Gasteiger partial charge in [0.05, 0.1) is 24.4 Å². The van der Waals surface area contributed by atoms with Crippen LogP contribution in [0.1, 0.15) is 34.8 Å². The molecular weight excluding hydrogens is 464 g/mol. The Kier molecular flexibility index (Phi) is 6.81. The molecule has 8 nitrogen and oxygen atoms in total. The number of hydrogen-bond donors (Lipinski definition) is 2. The van der Waals surface area contributed by atoms with Crippen LogP contribution in [0.4, 0.5) is 5.82 Å². The van der Waals surface area contributed by atoms with Crippen LogP contribution >= 0.6 is 0 Å². The maximum absolute atomic E-state index is 13.5. The molecule has 0 spiro atoms. The molecule has 3 aromatic carbocycles. The summed E-state index contributed by atoms with van der Waals surface area (Å²) in [4.78, 5) is 23.0. The van der Waals surface area contributed by atoms with Gasteiger partial charge in [0.1, 0.15) is 22.6 Å². The lowest BCUT2D eigenvalue weighted by Crippen LogP contribution is -2.33. The van der Waals surface area contributed by atoms with Gasteiger partial charge in [0, 0.05) is 11.6 Å². The van der Waals surface area contributed by atoms with E-state index in [-0.39, 0.29) is 23.3 Å². The summed E-state index contributed by atoms with van der Waals surface area (Å²) in [6, 6.07) is 25.1. The summed E-state index contributed by atoms with van der Waals surface area (Å²) in [7, 11) is 1.60. The third-order valence-corrected chi connectivity index (χ3v) is 6.24. The molecule has 2 heterocycles. The van der Waals surface area contributed by atoms with E-state index < -0.39 is 0 Å². The van der Waals surface area contributed by atoms with E-state index in [9.17, 15) is 4.79 Å². The van der Waals surface area contributed by atoms with Crippen LogP contribution in [0.15, 0.2) is 84.0 Å². The number of hydrogen-bond acceptors (Lipinski definition) is 6. The highest BCUT2D eigenvalue weighted by Gasteiger charge is 2.25. The Morgan fingerprint density at radius 2 is 1.70 bits per heavy atom. The van der Waals surface area contributed by atoms with Gasteiger partial charge in [-0.05, 0) is 49.6 Å².